The largest absolute Gasteiger partial charge is 5.00 e. The van der Waals surface area contributed by atoms with Crippen LogP contribution in [-0.4, -0.2) is 44.7 Å². The summed E-state index contributed by atoms with van der Waals surface area (Å²) in [6.07, 6.45) is 23.5. The summed E-state index contributed by atoms with van der Waals surface area (Å²) < 4.78 is 43.0. The van der Waals surface area contributed by atoms with Crippen LogP contribution in [0.4, 0.5) is 0 Å². The fourth-order valence-corrected chi connectivity index (χ4v) is 11.5. The van der Waals surface area contributed by atoms with Crippen molar-refractivity contribution in [2.75, 3.05) is 26.4 Å². The first-order valence-electron chi connectivity index (χ1n) is 32.1. The number of rotatable bonds is 30. The summed E-state index contributed by atoms with van der Waals surface area (Å²) >= 11 is 0. The van der Waals surface area contributed by atoms with Gasteiger partial charge in [0.25, 0.3) is 0 Å². The van der Waals surface area contributed by atoms with Gasteiger partial charge in [0.1, 0.15) is 49.4 Å². The van der Waals surface area contributed by atoms with E-state index in [2.05, 4.69) is 235 Å². The van der Waals surface area contributed by atoms with E-state index in [1.807, 2.05) is 48.5 Å². The maximum Gasteiger partial charge on any atom is 5.00 e. The topological polar surface area (TPSA) is 277 Å². The molecule has 4 aromatic heterocycles. The number of imidazole rings is 4. The number of hydrogen-bond donors (Lipinski definition) is 0. The first-order chi connectivity index (χ1) is 44.5. The van der Waals surface area contributed by atoms with Gasteiger partial charge >= 0.3 is 79.5 Å². The zero-order chi connectivity index (χ0) is 62.3. The normalized spacial score (nSPS) is 10.1. The molecule has 12 aromatic rings. The zero-order valence-corrected chi connectivity index (χ0v) is 62.0. The number of para-hydroxylation sites is 12. The van der Waals surface area contributed by atoms with Crippen LogP contribution in [0, 0.1) is 35.2 Å². The Labute approximate surface area is 639 Å². The predicted octanol–water partition coefficient (Wildman–Crippen LogP) is 13.2. The molecule has 534 valence electrons. The molecule has 0 amide bonds. The van der Waals surface area contributed by atoms with Crippen molar-refractivity contribution < 1.29 is 150 Å². The molecule has 0 fully saturated rings. The van der Waals surface area contributed by atoms with E-state index in [1.54, 1.807) is 0 Å². The summed E-state index contributed by atoms with van der Waals surface area (Å²) in [6.45, 7) is 17.4. The molecule has 12 rings (SSSR count). The van der Waals surface area contributed by atoms with E-state index in [9.17, 15) is 0 Å². The van der Waals surface area contributed by atoms with E-state index in [0.717, 1.165) is 123 Å². The molecule has 4 heterocycles. The van der Waals surface area contributed by atoms with Crippen LogP contribution in [-0.2, 0) is 165 Å². The number of benzene rings is 8. The Hall–Kier alpha value is -7.25. The molecule has 20 nitrogen and oxygen atoms in total. The average molecular weight is 1620 g/mol. The van der Waals surface area contributed by atoms with Gasteiger partial charge in [-0.2, -0.15) is 0 Å². The van der Waals surface area contributed by atoms with Crippen molar-refractivity contribution >= 4 is 44.1 Å². The van der Waals surface area contributed by atoms with Gasteiger partial charge in [-0.3, -0.25) is 0 Å². The number of aryl methyl sites for hydroxylation is 4. The molecule has 0 bridgehead atoms. The molecule has 0 spiro atoms. The molecule has 2 radical (unpaired) electrons. The van der Waals surface area contributed by atoms with E-state index in [0.29, 0.717) is 52.6 Å². The molecular weight excluding hydrogens is 1540 g/mol. The van der Waals surface area contributed by atoms with Crippen LogP contribution >= 0.6 is 0 Å². The number of hydrogen-bond acceptors (Lipinski definition) is 6. The molecule has 0 saturated carbocycles. The molecule has 0 atom stereocenters. The van der Waals surface area contributed by atoms with Crippen molar-refractivity contribution in [1.29, 1.82) is 0 Å². The minimum atomic E-state index is 0. The summed E-state index contributed by atoms with van der Waals surface area (Å²) in [5.41, 5.74) is 14.1. The van der Waals surface area contributed by atoms with Crippen LogP contribution in [0.15, 0.2) is 194 Å². The van der Waals surface area contributed by atoms with Gasteiger partial charge in [0, 0.05) is 76.3 Å². The second-order valence-corrected chi connectivity index (χ2v) is 22.5. The van der Waals surface area contributed by atoms with E-state index in [1.165, 1.54) is 44.1 Å². The Morgan fingerprint density at radius 3 is 0.860 bits per heavy atom. The van der Waals surface area contributed by atoms with Crippen LogP contribution in [0.1, 0.15) is 101 Å². The average Bonchev–Trinajstić information content (AvgIpc) is 1.69. The van der Waals surface area contributed by atoms with Gasteiger partial charge in [-0.15, -0.1) is 0 Å². The first-order valence-corrected chi connectivity index (χ1v) is 32.1. The quantitative estimate of drug-likeness (QED) is 0.0182. The van der Waals surface area contributed by atoms with Crippen molar-refractivity contribution in [1.82, 2.24) is 18.3 Å². The minimum absolute atomic E-state index is 0. The fourth-order valence-electron chi connectivity index (χ4n) is 11.5. The van der Waals surface area contributed by atoms with Gasteiger partial charge < -0.3 is 88.3 Å². The van der Waals surface area contributed by atoms with Crippen molar-refractivity contribution in [3.05, 3.63) is 252 Å². The van der Waals surface area contributed by atoms with Crippen molar-refractivity contribution in [3.63, 3.8) is 0 Å². The van der Waals surface area contributed by atoms with Gasteiger partial charge in [-0.25, -0.2) is 0 Å². The van der Waals surface area contributed by atoms with E-state index in [-0.39, 0.29) is 112 Å². The third-order valence-electron chi connectivity index (χ3n) is 16.2. The van der Waals surface area contributed by atoms with Gasteiger partial charge in [0.05, 0.1) is 52.4 Å². The molecule has 0 aliphatic carbocycles. The Morgan fingerprint density at radius 1 is 0.310 bits per heavy atom. The summed E-state index contributed by atoms with van der Waals surface area (Å²) in [7, 11) is 0. The number of fused-ring (bicyclic) bond motifs is 4. The Balaban J connectivity index is 0.00000174. The van der Waals surface area contributed by atoms with Gasteiger partial charge in [-0.1, -0.05) is 223 Å². The number of unbranched alkanes of at least 4 members (excludes halogenated alkanes) is 4. The molecule has 100 heavy (non-hydrogen) atoms. The van der Waals surface area contributed by atoms with E-state index in [4.69, 9.17) is 28.9 Å². The van der Waals surface area contributed by atoms with Crippen LogP contribution in [0.3, 0.4) is 0 Å². The predicted molar refractivity (Wildman–Crippen MR) is 359 cm³/mol. The summed E-state index contributed by atoms with van der Waals surface area (Å²) in [6, 6.07) is 67.2. The standard InChI is InChI=1S/2C38H42N4O2.2Ag.2Cr.O2.6O/c2*1-3-5-23-39-29-41(35-19-11-9-17-33(35)39)27-31-15-7-13-21-37(31)43-25-26-44-38-22-14-8-16-32(38)28-42-30-40(24-6-4-2)34-18-10-12-20-36(34)42;;;;;1-2;;;;;;/h2*7-22H,3-6,23-28H2,1-2H3;;;;;;;;;;;/q;;2*+1;2*+5;;6*-2. The van der Waals surface area contributed by atoms with Gasteiger partial charge in [0.2, 0.25) is 25.3 Å². The zero-order valence-electron chi connectivity index (χ0n) is 56.5. The fraction of sp³-hybridized carbons (Fsp3) is 0.316. The number of nitrogens with zero attached hydrogens (tertiary/aromatic N) is 8. The van der Waals surface area contributed by atoms with Crippen LogP contribution in [0.5, 0.6) is 23.0 Å². The minimum Gasteiger partial charge on any atom is -2.00 e. The summed E-state index contributed by atoms with van der Waals surface area (Å²) in [4.78, 5) is 14.0. The molecule has 0 saturated heterocycles. The van der Waals surface area contributed by atoms with Crippen LogP contribution in [0.2, 0.25) is 0 Å². The molecule has 0 unspecified atom stereocenters. The Bertz CT molecular complexity index is 3710. The summed E-state index contributed by atoms with van der Waals surface area (Å²) in [5, 5.41) is 0. The molecule has 24 heteroatoms. The molecule has 8 aromatic carbocycles. The van der Waals surface area contributed by atoms with Crippen LogP contribution < -0.4 is 37.2 Å². The van der Waals surface area contributed by atoms with Gasteiger partial charge in [0.15, 0.2) is 0 Å². The van der Waals surface area contributed by atoms with Gasteiger partial charge in [-0.05, 0) is 49.9 Å². The maximum atomic E-state index is 7.00. The smallest absolute Gasteiger partial charge is 2.00 e. The molecular formula is C76H84Ag2Cr2N8O12. The molecule has 0 aliphatic rings. The first kappa shape index (κ1) is 92.7. The van der Waals surface area contributed by atoms with Crippen LogP contribution in [0.25, 0.3) is 44.1 Å². The van der Waals surface area contributed by atoms with Crippen molar-refractivity contribution in [3.8, 4) is 23.0 Å². The van der Waals surface area contributed by atoms with Crippen molar-refractivity contribution in [2.45, 2.75) is 131 Å². The van der Waals surface area contributed by atoms with E-state index >= 15 is 0 Å². The molecule has 0 N–H and O–H groups in total. The maximum absolute atomic E-state index is 7.00. The monoisotopic (exact) mass is 1620 g/mol. The Morgan fingerprint density at radius 2 is 0.550 bits per heavy atom. The SMILES string of the molecule is CCCCn1[c-][n+](Cc2ccccc2OCCOc2ccccc2Cn2[c-][n+](CCCC)c3ccccc32)c2ccccc21.CCCCn1[c-][n+](Cc2ccccc2OCCOc2ccccc2Cn2[c-][n+](CCCC)c3ccccc32)c2ccccc21.O=O.[Ag+].[Ag+].[Cr+5].[Cr+5].[O-2].[O-2].[O-2].[O-2].[O-2].[O-2]. The third kappa shape index (κ3) is 23.9. The van der Waals surface area contributed by atoms with Crippen molar-refractivity contribution in [2.24, 2.45) is 0 Å². The number of aromatic nitrogens is 8. The third-order valence-corrected chi connectivity index (χ3v) is 16.2. The molecule has 0 aliphatic heterocycles. The summed E-state index contributed by atoms with van der Waals surface area (Å²) in [5.74, 6) is 3.50. The Kier molecular flexibility index (Phi) is 45.0. The second-order valence-electron chi connectivity index (χ2n) is 22.5. The van der Waals surface area contributed by atoms with E-state index < -0.39 is 0 Å². The second kappa shape index (κ2) is 48.5. The number of ether oxygens (including phenoxy) is 4.